The van der Waals surface area contributed by atoms with E-state index in [2.05, 4.69) is 40.5 Å². The first-order valence-corrected chi connectivity index (χ1v) is 7.98. The lowest BCUT2D eigenvalue weighted by atomic mass is 9.93. The molecule has 2 saturated heterocycles. The molecule has 4 nitrogen and oxygen atoms in total. The first-order chi connectivity index (χ1) is 10.3. The van der Waals surface area contributed by atoms with Crippen LogP contribution in [-0.2, 0) is 9.53 Å². The highest BCUT2D eigenvalue weighted by Gasteiger charge is 2.45. The minimum Gasteiger partial charge on any atom is -0.366 e. The summed E-state index contributed by atoms with van der Waals surface area (Å²) < 4.78 is 5.98. The number of likely N-dealkylation sites (tertiary alicyclic amines) is 1. The molecule has 4 heteroatoms. The number of rotatable bonds is 3. The van der Waals surface area contributed by atoms with E-state index in [9.17, 15) is 4.79 Å². The summed E-state index contributed by atoms with van der Waals surface area (Å²) in [5, 5.41) is 3.01. The van der Waals surface area contributed by atoms with E-state index in [0.717, 1.165) is 25.6 Å². The van der Waals surface area contributed by atoms with Crippen LogP contribution in [0.3, 0.4) is 0 Å². The Morgan fingerprint density at radius 2 is 2.05 bits per heavy atom. The second-order valence-electron chi connectivity index (χ2n) is 6.56. The molecule has 0 aromatic heterocycles. The number of carbonyl (C=O) groups is 1. The summed E-state index contributed by atoms with van der Waals surface area (Å²) in [5.74, 6) is 1.25. The summed E-state index contributed by atoms with van der Waals surface area (Å²) >= 11 is 0. The van der Waals surface area contributed by atoms with Crippen LogP contribution in [0.1, 0.15) is 24.3 Å². The van der Waals surface area contributed by atoms with Crippen molar-refractivity contribution in [2.24, 2.45) is 5.92 Å². The molecule has 3 atom stereocenters. The molecule has 1 aromatic carbocycles. The third-order valence-electron chi connectivity index (χ3n) is 5.01. The number of hydrogen-bond acceptors (Lipinski definition) is 3. The molecule has 1 aliphatic carbocycles. The van der Waals surface area contributed by atoms with Crippen LogP contribution < -0.4 is 5.32 Å². The second-order valence-corrected chi connectivity index (χ2v) is 6.56. The lowest BCUT2D eigenvalue weighted by Crippen LogP contribution is -2.43. The maximum absolute atomic E-state index is 11.6. The average Bonchev–Trinajstić information content (AvgIpc) is 3.28. The van der Waals surface area contributed by atoms with Crippen molar-refractivity contribution in [3.63, 3.8) is 0 Å². The lowest BCUT2D eigenvalue weighted by molar-refractivity contribution is -0.125. The van der Waals surface area contributed by atoms with Gasteiger partial charge in [-0.15, -0.1) is 0 Å². The zero-order valence-electron chi connectivity index (χ0n) is 12.2. The summed E-state index contributed by atoms with van der Waals surface area (Å²) in [4.78, 5) is 14.2. The van der Waals surface area contributed by atoms with Gasteiger partial charge in [0.25, 0.3) is 0 Å². The van der Waals surface area contributed by atoms with Crippen LogP contribution in [0.25, 0.3) is 0 Å². The Kier molecular flexibility index (Phi) is 3.43. The summed E-state index contributed by atoms with van der Waals surface area (Å²) in [6.07, 6.45) is 2.85. The smallest absolute Gasteiger partial charge is 0.246 e. The minimum atomic E-state index is 0.0163. The molecule has 1 aromatic rings. The average molecular weight is 286 g/mol. The van der Waals surface area contributed by atoms with E-state index in [1.807, 2.05) is 0 Å². The Balaban J connectivity index is 1.59. The molecule has 3 fully saturated rings. The number of nitrogens with one attached hydrogen (secondary N) is 1. The number of hydrogen-bond donors (Lipinski definition) is 1. The number of fused-ring (bicyclic) bond motifs is 1. The molecule has 0 unspecified atom stereocenters. The minimum absolute atomic E-state index is 0.0163. The molecule has 1 amide bonds. The van der Waals surface area contributed by atoms with Gasteiger partial charge >= 0.3 is 0 Å². The number of nitrogens with zero attached hydrogens (tertiary/aromatic N) is 1. The molecular formula is C17H22N2O2. The fraction of sp³-hybridized carbons (Fsp3) is 0.588. The van der Waals surface area contributed by atoms with Gasteiger partial charge in [-0.1, -0.05) is 30.3 Å². The highest BCUT2D eigenvalue weighted by molar-refractivity contribution is 5.77. The van der Waals surface area contributed by atoms with E-state index >= 15 is 0 Å². The van der Waals surface area contributed by atoms with Crippen molar-refractivity contribution in [1.82, 2.24) is 10.2 Å². The Morgan fingerprint density at radius 3 is 2.81 bits per heavy atom. The van der Waals surface area contributed by atoms with Gasteiger partial charge in [0.05, 0.1) is 12.1 Å². The summed E-state index contributed by atoms with van der Waals surface area (Å²) in [6, 6.07) is 10.9. The molecule has 2 heterocycles. The molecule has 0 spiro atoms. The fourth-order valence-electron chi connectivity index (χ4n) is 3.72. The van der Waals surface area contributed by atoms with Gasteiger partial charge in [-0.2, -0.15) is 0 Å². The van der Waals surface area contributed by atoms with E-state index < -0.39 is 0 Å². The van der Waals surface area contributed by atoms with Crippen LogP contribution in [0.15, 0.2) is 30.3 Å². The maximum Gasteiger partial charge on any atom is 0.246 e. The summed E-state index contributed by atoms with van der Waals surface area (Å²) in [6.45, 7) is 3.12. The van der Waals surface area contributed by atoms with Crippen LogP contribution in [-0.4, -0.2) is 49.2 Å². The van der Waals surface area contributed by atoms with Gasteiger partial charge in [-0.3, -0.25) is 9.69 Å². The first kappa shape index (κ1) is 13.3. The molecule has 2 aliphatic heterocycles. The van der Waals surface area contributed by atoms with Gasteiger partial charge in [0, 0.05) is 25.6 Å². The van der Waals surface area contributed by atoms with E-state index in [4.69, 9.17) is 4.74 Å². The molecule has 0 radical (unpaired) electrons. The van der Waals surface area contributed by atoms with Gasteiger partial charge in [0.2, 0.25) is 5.91 Å². The second kappa shape index (κ2) is 5.43. The van der Waals surface area contributed by atoms with Crippen LogP contribution in [0.5, 0.6) is 0 Å². The zero-order valence-corrected chi connectivity index (χ0v) is 12.2. The van der Waals surface area contributed by atoms with E-state index in [1.54, 1.807) is 0 Å². The van der Waals surface area contributed by atoms with E-state index in [-0.39, 0.29) is 18.6 Å². The highest BCUT2D eigenvalue weighted by atomic mass is 16.5. The normalized spacial score (nSPS) is 33.3. The van der Waals surface area contributed by atoms with E-state index in [0.29, 0.717) is 12.0 Å². The van der Waals surface area contributed by atoms with Crippen molar-refractivity contribution in [1.29, 1.82) is 0 Å². The van der Waals surface area contributed by atoms with Gasteiger partial charge in [-0.05, 0) is 24.3 Å². The first-order valence-electron chi connectivity index (χ1n) is 7.98. The third-order valence-corrected chi connectivity index (χ3v) is 5.01. The Morgan fingerprint density at radius 1 is 1.24 bits per heavy atom. The number of amides is 1. The molecule has 21 heavy (non-hydrogen) atoms. The molecule has 3 aliphatic rings. The maximum atomic E-state index is 11.6. The largest absolute Gasteiger partial charge is 0.366 e. The Hall–Kier alpha value is -1.39. The number of carbonyl (C=O) groups excluding carboxylic acids is 1. The van der Waals surface area contributed by atoms with Crippen molar-refractivity contribution >= 4 is 5.91 Å². The molecule has 4 rings (SSSR count). The van der Waals surface area contributed by atoms with Crippen molar-refractivity contribution in [2.45, 2.75) is 30.9 Å². The van der Waals surface area contributed by atoms with Crippen molar-refractivity contribution in [3.8, 4) is 0 Å². The van der Waals surface area contributed by atoms with Gasteiger partial charge in [-0.25, -0.2) is 0 Å². The number of benzene rings is 1. The van der Waals surface area contributed by atoms with Gasteiger partial charge in [0.1, 0.15) is 6.61 Å². The Bertz CT molecular complexity index is 515. The molecule has 0 bridgehead atoms. The van der Waals surface area contributed by atoms with E-state index in [1.165, 1.54) is 18.4 Å². The molecular weight excluding hydrogens is 264 g/mol. The standard InChI is InChI=1S/C17H22N2O2/c20-16-11-21-17-14(13-4-2-1-3-5-13)10-19(9-12-6-7-12)15(17)8-18-16/h1-5,12,14-15,17H,6-11H2,(H,18,20)/t14-,15-,17-/m1/s1. The summed E-state index contributed by atoms with van der Waals surface area (Å²) in [5.41, 5.74) is 1.33. The third kappa shape index (κ3) is 2.70. The van der Waals surface area contributed by atoms with Crippen LogP contribution in [0.4, 0.5) is 0 Å². The predicted molar refractivity (Wildman–Crippen MR) is 80.0 cm³/mol. The highest BCUT2D eigenvalue weighted by Crippen LogP contribution is 2.38. The fourth-order valence-corrected chi connectivity index (χ4v) is 3.72. The quantitative estimate of drug-likeness (QED) is 0.913. The van der Waals surface area contributed by atoms with Crippen LogP contribution in [0, 0.1) is 5.92 Å². The SMILES string of the molecule is O=C1CO[C@@H]2[C@@H](c3ccccc3)CN(CC3CC3)[C@@H]2CN1. The van der Waals surface area contributed by atoms with Crippen molar-refractivity contribution in [3.05, 3.63) is 35.9 Å². The Labute approximate surface area is 125 Å². The van der Waals surface area contributed by atoms with Crippen molar-refractivity contribution in [2.75, 3.05) is 26.2 Å². The number of ether oxygens (including phenoxy) is 1. The molecule has 1 saturated carbocycles. The van der Waals surface area contributed by atoms with Crippen molar-refractivity contribution < 1.29 is 9.53 Å². The monoisotopic (exact) mass is 286 g/mol. The van der Waals surface area contributed by atoms with Crippen LogP contribution >= 0.6 is 0 Å². The van der Waals surface area contributed by atoms with Gasteiger partial charge < -0.3 is 10.1 Å². The lowest BCUT2D eigenvalue weighted by Gasteiger charge is -2.26. The predicted octanol–water partition coefficient (Wildman–Crippen LogP) is 1.38. The summed E-state index contributed by atoms with van der Waals surface area (Å²) in [7, 11) is 0. The van der Waals surface area contributed by atoms with Crippen LogP contribution in [0.2, 0.25) is 0 Å². The van der Waals surface area contributed by atoms with Gasteiger partial charge in [0.15, 0.2) is 0 Å². The molecule has 1 N–H and O–H groups in total. The zero-order chi connectivity index (χ0) is 14.2. The topological polar surface area (TPSA) is 41.6 Å². The molecule has 112 valence electrons.